The molecule has 1 aromatic rings. The van der Waals surface area contributed by atoms with Gasteiger partial charge in [0.25, 0.3) is 0 Å². The zero-order valence-electron chi connectivity index (χ0n) is 15.9. The molecule has 0 aromatic carbocycles. The second-order valence-electron chi connectivity index (χ2n) is 7.93. The van der Waals surface area contributed by atoms with Crippen molar-refractivity contribution < 1.29 is 14.3 Å². The van der Waals surface area contributed by atoms with E-state index in [4.69, 9.17) is 9.47 Å². The van der Waals surface area contributed by atoms with Crippen molar-refractivity contribution in [2.75, 3.05) is 6.61 Å². The van der Waals surface area contributed by atoms with E-state index in [1.807, 2.05) is 37.8 Å². The van der Waals surface area contributed by atoms with E-state index in [1.165, 1.54) is 0 Å². The van der Waals surface area contributed by atoms with Crippen molar-refractivity contribution in [1.29, 1.82) is 0 Å². The van der Waals surface area contributed by atoms with Crippen molar-refractivity contribution in [3.63, 3.8) is 0 Å². The van der Waals surface area contributed by atoms with Crippen LogP contribution in [0.25, 0.3) is 0 Å². The normalized spacial score (nSPS) is 23.1. The molecule has 1 aliphatic carbocycles. The van der Waals surface area contributed by atoms with Crippen molar-refractivity contribution in [3.05, 3.63) is 53.9 Å². The summed E-state index contributed by atoms with van der Waals surface area (Å²) in [5.41, 5.74) is 1.37. The minimum Gasteiger partial charge on any atom is -0.444 e. The highest BCUT2D eigenvalue weighted by Crippen LogP contribution is 2.26. The summed E-state index contributed by atoms with van der Waals surface area (Å²) in [4.78, 5) is 19.2. The standard InChI is InChI=1S/C21H28N2O3/c1-21(2,3)26-20(24)23-13-17-10-7-11-22-19(17)15-25-14-18(23)12-16-8-5-4-6-9-16/h4-8,10-11,16,18H,9,12-15H2,1-3H3/t16?,18-/m1/s1. The maximum absolute atomic E-state index is 12.9. The molecular weight excluding hydrogens is 328 g/mol. The summed E-state index contributed by atoms with van der Waals surface area (Å²) >= 11 is 0. The Labute approximate surface area is 155 Å². The van der Waals surface area contributed by atoms with E-state index in [-0.39, 0.29) is 12.1 Å². The molecule has 0 saturated carbocycles. The van der Waals surface area contributed by atoms with Crippen molar-refractivity contribution in [2.24, 2.45) is 5.92 Å². The van der Waals surface area contributed by atoms with Gasteiger partial charge in [0, 0.05) is 6.20 Å². The van der Waals surface area contributed by atoms with E-state index in [2.05, 4.69) is 29.3 Å². The van der Waals surface area contributed by atoms with Crippen LogP contribution in [-0.4, -0.2) is 34.2 Å². The van der Waals surface area contributed by atoms with Gasteiger partial charge in [0.2, 0.25) is 0 Å². The predicted octanol–water partition coefficient (Wildman–Crippen LogP) is 4.24. The molecule has 0 saturated heterocycles. The van der Waals surface area contributed by atoms with E-state index in [1.54, 1.807) is 6.20 Å². The minimum atomic E-state index is -0.532. The lowest BCUT2D eigenvalue weighted by molar-refractivity contribution is -0.0116. The quantitative estimate of drug-likeness (QED) is 0.795. The number of amides is 1. The van der Waals surface area contributed by atoms with Crippen LogP contribution in [0.5, 0.6) is 0 Å². The maximum Gasteiger partial charge on any atom is 0.410 e. The molecule has 2 aliphatic rings. The summed E-state index contributed by atoms with van der Waals surface area (Å²) < 4.78 is 11.6. The number of hydrogen-bond donors (Lipinski definition) is 0. The third-order valence-corrected chi connectivity index (χ3v) is 4.59. The maximum atomic E-state index is 12.9. The van der Waals surface area contributed by atoms with Gasteiger partial charge in [-0.2, -0.15) is 0 Å². The zero-order chi connectivity index (χ0) is 18.6. The van der Waals surface area contributed by atoms with Crippen LogP contribution < -0.4 is 0 Å². The van der Waals surface area contributed by atoms with E-state index in [0.29, 0.717) is 25.7 Å². The lowest BCUT2D eigenvalue weighted by Crippen LogP contribution is -2.46. The van der Waals surface area contributed by atoms with Crippen LogP contribution >= 0.6 is 0 Å². The second-order valence-corrected chi connectivity index (χ2v) is 7.93. The van der Waals surface area contributed by atoms with E-state index >= 15 is 0 Å². The van der Waals surface area contributed by atoms with Gasteiger partial charge in [-0.1, -0.05) is 30.4 Å². The topological polar surface area (TPSA) is 51.7 Å². The number of carbonyl (C=O) groups is 1. The number of rotatable bonds is 2. The number of allylic oxidation sites excluding steroid dienone is 4. The third kappa shape index (κ3) is 4.94. The Hall–Kier alpha value is -2.14. The van der Waals surface area contributed by atoms with Gasteiger partial charge in [0.1, 0.15) is 5.60 Å². The molecule has 0 bridgehead atoms. The Bertz CT molecular complexity index is 691. The van der Waals surface area contributed by atoms with Gasteiger partial charge in [-0.15, -0.1) is 0 Å². The van der Waals surface area contributed by atoms with Crippen molar-refractivity contribution in [1.82, 2.24) is 9.88 Å². The van der Waals surface area contributed by atoms with Crippen LogP contribution in [0.2, 0.25) is 0 Å². The fourth-order valence-electron chi connectivity index (χ4n) is 3.32. The molecule has 2 atom stereocenters. The molecule has 2 heterocycles. The lowest BCUT2D eigenvalue weighted by atomic mass is 9.92. The molecule has 1 aliphatic heterocycles. The number of carbonyl (C=O) groups excluding carboxylic acids is 1. The average molecular weight is 356 g/mol. The van der Waals surface area contributed by atoms with E-state index in [0.717, 1.165) is 24.1 Å². The summed E-state index contributed by atoms with van der Waals surface area (Å²) in [6.45, 7) is 7.15. The van der Waals surface area contributed by atoms with Crippen LogP contribution in [-0.2, 0) is 22.6 Å². The van der Waals surface area contributed by atoms with Crippen LogP contribution in [0, 0.1) is 5.92 Å². The second kappa shape index (κ2) is 8.04. The number of fused-ring (bicyclic) bond motifs is 1. The van der Waals surface area contributed by atoms with Gasteiger partial charge < -0.3 is 9.47 Å². The Morgan fingerprint density at radius 1 is 1.38 bits per heavy atom. The van der Waals surface area contributed by atoms with Crippen LogP contribution in [0.15, 0.2) is 42.6 Å². The first kappa shape index (κ1) is 18.6. The highest BCUT2D eigenvalue weighted by atomic mass is 16.6. The summed E-state index contributed by atoms with van der Waals surface area (Å²) in [5, 5.41) is 0. The summed E-state index contributed by atoms with van der Waals surface area (Å²) in [6, 6.07) is 3.88. The summed E-state index contributed by atoms with van der Waals surface area (Å²) in [7, 11) is 0. The molecule has 1 unspecified atom stereocenters. The number of hydrogen-bond acceptors (Lipinski definition) is 4. The van der Waals surface area contributed by atoms with Gasteiger partial charge >= 0.3 is 6.09 Å². The van der Waals surface area contributed by atoms with Crippen LogP contribution in [0.3, 0.4) is 0 Å². The van der Waals surface area contributed by atoms with E-state index < -0.39 is 5.60 Å². The lowest BCUT2D eigenvalue weighted by Gasteiger charge is -2.36. The molecule has 0 radical (unpaired) electrons. The van der Waals surface area contributed by atoms with Gasteiger partial charge in [-0.3, -0.25) is 9.88 Å². The highest BCUT2D eigenvalue weighted by Gasteiger charge is 2.32. The molecule has 5 heteroatoms. The first-order valence-electron chi connectivity index (χ1n) is 9.26. The summed E-state index contributed by atoms with van der Waals surface area (Å²) in [5.74, 6) is 0.409. The Balaban J connectivity index is 1.83. The van der Waals surface area contributed by atoms with E-state index in [9.17, 15) is 4.79 Å². The fourth-order valence-corrected chi connectivity index (χ4v) is 3.32. The Morgan fingerprint density at radius 2 is 2.23 bits per heavy atom. The number of nitrogens with zero attached hydrogens (tertiary/aromatic N) is 2. The molecule has 5 nitrogen and oxygen atoms in total. The molecule has 3 rings (SSSR count). The van der Waals surface area contributed by atoms with Crippen molar-refractivity contribution >= 4 is 6.09 Å². The smallest absolute Gasteiger partial charge is 0.410 e. The SMILES string of the molecule is CC(C)(C)OC(=O)N1Cc2cccnc2COC[C@H]1CC1C=CC=CC1. The predicted molar refractivity (Wildman–Crippen MR) is 100 cm³/mol. The molecule has 26 heavy (non-hydrogen) atoms. The highest BCUT2D eigenvalue weighted by molar-refractivity contribution is 5.68. The average Bonchev–Trinajstić information content (AvgIpc) is 2.57. The van der Waals surface area contributed by atoms with Gasteiger partial charge in [-0.05, 0) is 51.2 Å². The number of aromatic nitrogens is 1. The monoisotopic (exact) mass is 356 g/mol. The molecule has 1 aromatic heterocycles. The third-order valence-electron chi connectivity index (χ3n) is 4.59. The Kier molecular flexibility index (Phi) is 5.77. The first-order valence-corrected chi connectivity index (χ1v) is 9.26. The minimum absolute atomic E-state index is 0.0284. The van der Waals surface area contributed by atoms with Crippen molar-refractivity contribution in [2.45, 2.75) is 58.4 Å². The van der Waals surface area contributed by atoms with Crippen molar-refractivity contribution in [3.8, 4) is 0 Å². The summed E-state index contributed by atoms with van der Waals surface area (Å²) in [6.07, 6.45) is 11.8. The molecule has 0 fully saturated rings. The molecule has 140 valence electrons. The Morgan fingerprint density at radius 3 is 2.96 bits per heavy atom. The zero-order valence-corrected chi connectivity index (χ0v) is 15.9. The molecule has 1 amide bonds. The largest absolute Gasteiger partial charge is 0.444 e. The molecule has 0 N–H and O–H groups in total. The number of ether oxygens (including phenoxy) is 2. The van der Waals surface area contributed by atoms with Crippen LogP contribution in [0.4, 0.5) is 4.79 Å². The van der Waals surface area contributed by atoms with Crippen LogP contribution in [0.1, 0.15) is 44.9 Å². The number of pyridine rings is 1. The fraction of sp³-hybridized carbons (Fsp3) is 0.524. The van der Waals surface area contributed by atoms with Gasteiger partial charge in [-0.25, -0.2) is 4.79 Å². The molecular formula is C21H28N2O3. The first-order chi connectivity index (χ1) is 12.4. The van der Waals surface area contributed by atoms with Gasteiger partial charge in [0.05, 0.1) is 31.5 Å². The van der Waals surface area contributed by atoms with Gasteiger partial charge in [0.15, 0.2) is 0 Å². The molecule has 0 spiro atoms.